The Labute approximate surface area is 311 Å². The summed E-state index contributed by atoms with van der Waals surface area (Å²) in [6.45, 7) is 9.14. The second-order valence-electron chi connectivity index (χ2n) is 15.2. The average molecular weight is 691 g/mol. The summed E-state index contributed by atoms with van der Waals surface area (Å²) in [6.07, 6.45) is 19.8. The summed E-state index contributed by atoms with van der Waals surface area (Å²) >= 11 is 0. The van der Waals surface area contributed by atoms with Gasteiger partial charge in [-0.15, -0.1) is 0 Å². The monoisotopic (exact) mass is 690 g/mol. The fourth-order valence-corrected chi connectivity index (χ4v) is 8.32. The van der Waals surface area contributed by atoms with Crippen molar-refractivity contribution in [3.63, 3.8) is 0 Å². The van der Waals surface area contributed by atoms with E-state index in [2.05, 4.69) is 113 Å². The molecule has 0 spiro atoms. The topological polar surface area (TPSA) is 26.3 Å². The molecular formula is C50H58O2. The lowest BCUT2D eigenvalue weighted by atomic mass is 9.94. The van der Waals surface area contributed by atoms with Gasteiger partial charge in [-0.1, -0.05) is 128 Å². The molecule has 0 saturated heterocycles. The van der Waals surface area contributed by atoms with Crippen LogP contribution in [0.5, 0.6) is 0 Å². The molecule has 0 radical (unpaired) electrons. The lowest BCUT2D eigenvalue weighted by Crippen LogP contribution is -1.96. The van der Waals surface area contributed by atoms with E-state index in [4.69, 9.17) is 8.83 Å². The molecule has 0 aliphatic heterocycles. The molecule has 0 saturated carbocycles. The van der Waals surface area contributed by atoms with E-state index in [0.29, 0.717) is 0 Å². The molecule has 0 aliphatic carbocycles. The van der Waals surface area contributed by atoms with Crippen LogP contribution in [0.25, 0.3) is 66.1 Å². The molecule has 5 aromatic carbocycles. The van der Waals surface area contributed by atoms with Gasteiger partial charge in [0.05, 0.1) is 0 Å². The van der Waals surface area contributed by atoms with Crippen molar-refractivity contribution in [3.8, 4) is 22.6 Å². The maximum atomic E-state index is 6.58. The van der Waals surface area contributed by atoms with Crippen molar-refractivity contribution < 1.29 is 8.83 Å². The minimum atomic E-state index is 0.945. The van der Waals surface area contributed by atoms with E-state index in [1.807, 2.05) is 0 Å². The van der Waals surface area contributed by atoms with Gasteiger partial charge in [0.15, 0.2) is 0 Å². The Hall–Kier alpha value is -4.30. The van der Waals surface area contributed by atoms with E-state index >= 15 is 0 Å². The van der Waals surface area contributed by atoms with E-state index in [9.17, 15) is 0 Å². The summed E-state index contributed by atoms with van der Waals surface area (Å²) in [6, 6.07) is 32.0. The normalized spacial score (nSPS) is 11.9. The number of benzene rings is 5. The molecule has 2 heterocycles. The van der Waals surface area contributed by atoms with Gasteiger partial charge in [-0.25, -0.2) is 0 Å². The second-order valence-corrected chi connectivity index (χ2v) is 15.2. The highest BCUT2D eigenvalue weighted by Gasteiger charge is 2.16. The van der Waals surface area contributed by atoms with Gasteiger partial charge in [0.1, 0.15) is 22.7 Å². The van der Waals surface area contributed by atoms with E-state index < -0.39 is 0 Å². The van der Waals surface area contributed by atoms with Gasteiger partial charge in [-0.05, 0) is 132 Å². The summed E-state index contributed by atoms with van der Waals surface area (Å²) < 4.78 is 13.2. The average Bonchev–Trinajstić information content (AvgIpc) is 3.81. The first-order valence-corrected chi connectivity index (χ1v) is 20.7. The Morgan fingerprint density at radius 3 is 1.06 bits per heavy atom. The van der Waals surface area contributed by atoms with Crippen molar-refractivity contribution in [2.75, 3.05) is 0 Å². The van der Waals surface area contributed by atoms with E-state index in [-0.39, 0.29) is 0 Å². The second kappa shape index (κ2) is 17.0. The molecule has 0 unspecified atom stereocenters. The fraction of sp³-hybridized carbons (Fsp3) is 0.400. The van der Waals surface area contributed by atoms with Crippen LogP contribution in [0.2, 0.25) is 0 Å². The third-order valence-corrected chi connectivity index (χ3v) is 11.4. The molecule has 0 atom stereocenters. The molecule has 7 aromatic rings. The number of furan rings is 2. The fourth-order valence-electron chi connectivity index (χ4n) is 8.32. The first kappa shape index (κ1) is 36.1. The maximum Gasteiger partial charge on any atom is 0.135 e. The maximum absolute atomic E-state index is 6.58. The molecule has 0 bridgehead atoms. The van der Waals surface area contributed by atoms with Crippen molar-refractivity contribution in [2.24, 2.45) is 0 Å². The van der Waals surface area contributed by atoms with Gasteiger partial charge in [0.25, 0.3) is 0 Å². The predicted molar refractivity (Wildman–Crippen MR) is 225 cm³/mol. The predicted octanol–water partition coefficient (Wildman–Crippen LogP) is 15.8. The van der Waals surface area contributed by atoms with Gasteiger partial charge in [0.2, 0.25) is 0 Å². The molecule has 0 aliphatic rings. The number of fused-ring (bicyclic) bond motifs is 7. The zero-order valence-electron chi connectivity index (χ0n) is 32.2. The van der Waals surface area contributed by atoms with Crippen LogP contribution in [0.3, 0.4) is 0 Å². The number of hydrogen-bond donors (Lipinski definition) is 0. The standard InChI is InChI=1S/C50H58O2/c1-5-9-13-17-35-21-23-39(31-37(35)19-15-11-7-3)49-33-45-43-25-26-44-42(41(43)27-29-47(45)51-49)28-30-48-46(44)34-50(52-48)40-24-22-36(18-14-10-6-2)38(32-40)20-16-12-8-4/h21-34H,5-20H2,1-4H3. The van der Waals surface area contributed by atoms with Gasteiger partial charge in [-0.3, -0.25) is 0 Å². The molecule has 0 fully saturated rings. The summed E-state index contributed by atoms with van der Waals surface area (Å²) in [5.74, 6) is 1.92. The van der Waals surface area contributed by atoms with Gasteiger partial charge in [0, 0.05) is 21.9 Å². The van der Waals surface area contributed by atoms with Crippen LogP contribution in [-0.4, -0.2) is 0 Å². The van der Waals surface area contributed by atoms with Crippen LogP contribution in [-0.2, 0) is 25.7 Å². The first-order chi connectivity index (χ1) is 25.6. The molecule has 52 heavy (non-hydrogen) atoms. The third kappa shape index (κ3) is 7.73. The molecule has 0 amide bonds. The summed E-state index contributed by atoms with van der Waals surface area (Å²) in [5, 5.41) is 7.33. The number of hydrogen-bond acceptors (Lipinski definition) is 2. The van der Waals surface area contributed by atoms with E-state index in [0.717, 1.165) is 35.5 Å². The van der Waals surface area contributed by atoms with Crippen molar-refractivity contribution >= 4 is 43.5 Å². The number of rotatable bonds is 18. The van der Waals surface area contributed by atoms with Crippen LogP contribution in [0.15, 0.2) is 93.8 Å². The van der Waals surface area contributed by atoms with Crippen molar-refractivity contribution in [1.29, 1.82) is 0 Å². The van der Waals surface area contributed by atoms with Crippen LogP contribution in [0.1, 0.15) is 127 Å². The van der Waals surface area contributed by atoms with Crippen LogP contribution >= 0.6 is 0 Å². The van der Waals surface area contributed by atoms with Gasteiger partial charge in [-0.2, -0.15) is 0 Å². The Kier molecular flexibility index (Phi) is 11.8. The highest BCUT2D eigenvalue weighted by atomic mass is 16.3. The minimum Gasteiger partial charge on any atom is -0.456 e. The quantitative estimate of drug-likeness (QED) is 0.0662. The van der Waals surface area contributed by atoms with Crippen molar-refractivity contribution in [2.45, 2.75) is 130 Å². The minimum absolute atomic E-state index is 0.945. The SMILES string of the molecule is CCCCCc1ccc(-c2cc3c(ccc4c3ccc3c5cc(-c6ccc(CCCCC)c(CCCCC)c6)oc5ccc34)o2)cc1CCCCC. The molecular weight excluding hydrogens is 633 g/mol. The van der Waals surface area contributed by atoms with Gasteiger partial charge < -0.3 is 8.83 Å². The molecule has 270 valence electrons. The Morgan fingerprint density at radius 1 is 0.327 bits per heavy atom. The van der Waals surface area contributed by atoms with Crippen molar-refractivity contribution in [1.82, 2.24) is 0 Å². The molecule has 7 rings (SSSR count). The first-order valence-electron chi connectivity index (χ1n) is 20.7. The number of aryl methyl sites for hydroxylation is 4. The lowest BCUT2D eigenvalue weighted by Gasteiger charge is -2.11. The summed E-state index contributed by atoms with van der Waals surface area (Å²) in [7, 11) is 0. The molecule has 2 nitrogen and oxygen atoms in total. The molecule has 2 aromatic heterocycles. The summed E-state index contributed by atoms with van der Waals surface area (Å²) in [5.41, 5.74) is 10.3. The van der Waals surface area contributed by atoms with Crippen LogP contribution < -0.4 is 0 Å². The third-order valence-electron chi connectivity index (χ3n) is 11.4. The zero-order chi connectivity index (χ0) is 35.9. The largest absolute Gasteiger partial charge is 0.456 e. The van der Waals surface area contributed by atoms with Gasteiger partial charge >= 0.3 is 0 Å². The van der Waals surface area contributed by atoms with E-state index in [1.165, 1.54) is 156 Å². The van der Waals surface area contributed by atoms with Crippen LogP contribution in [0, 0.1) is 0 Å². The molecule has 2 heteroatoms. The van der Waals surface area contributed by atoms with Crippen molar-refractivity contribution in [3.05, 3.63) is 107 Å². The highest BCUT2D eigenvalue weighted by Crippen LogP contribution is 2.40. The Bertz CT molecular complexity index is 2100. The lowest BCUT2D eigenvalue weighted by molar-refractivity contribution is 0.631. The highest BCUT2D eigenvalue weighted by molar-refractivity contribution is 6.21. The zero-order valence-corrected chi connectivity index (χ0v) is 32.2. The molecule has 0 N–H and O–H groups in total. The Morgan fingerprint density at radius 2 is 0.673 bits per heavy atom. The van der Waals surface area contributed by atoms with Crippen LogP contribution in [0.4, 0.5) is 0 Å². The smallest absolute Gasteiger partial charge is 0.135 e. The summed E-state index contributed by atoms with van der Waals surface area (Å²) in [4.78, 5) is 0. The Balaban J connectivity index is 1.23. The van der Waals surface area contributed by atoms with E-state index in [1.54, 1.807) is 0 Å². The number of unbranched alkanes of at least 4 members (excludes halogenated alkanes) is 8.